The first-order valence-electron chi connectivity index (χ1n) is 5.13. The Balaban J connectivity index is 2.43. The molecule has 6 nitrogen and oxygen atoms in total. The van der Waals surface area contributed by atoms with Crippen LogP contribution in [0, 0.1) is 0 Å². The Hall–Kier alpha value is -1.85. The normalized spacial score (nSPS) is 9.81. The van der Waals surface area contributed by atoms with Crippen molar-refractivity contribution in [2.75, 3.05) is 18.5 Å². The third-order valence-electron chi connectivity index (χ3n) is 1.71. The Morgan fingerprint density at radius 3 is 3.06 bits per heavy atom. The molecule has 1 heterocycles. The maximum absolute atomic E-state index is 10.3. The fourth-order valence-electron chi connectivity index (χ4n) is 1.01. The zero-order valence-corrected chi connectivity index (χ0v) is 9.14. The monoisotopic (exact) mass is 225 g/mol. The summed E-state index contributed by atoms with van der Waals surface area (Å²) in [6.07, 6.45) is 4.00. The average molecular weight is 225 g/mol. The largest absolute Gasteiger partial charge is 0.481 e. The fraction of sp³-hybridized carbons (Fsp3) is 0.500. The number of aliphatic carboxylic acids is 1. The molecule has 0 saturated carbocycles. The van der Waals surface area contributed by atoms with Crippen LogP contribution in [0.15, 0.2) is 12.4 Å². The first-order valence-corrected chi connectivity index (χ1v) is 5.13. The van der Waals surface area contributed by atoms with Crippen LogP contribution in [0.25, 0.3) is 0 Å². The number of nitrogens with one attached hydrogen (secondary N) is 1. The summed E-state index contributed by atoms with van der Waals surface area (Å²) in [6, 6.07) is 0. The second-order valence-electron chi connectivity index (χ2n) is 3.16. The predicted octanol–water partition coefficient (Wildman–Crippen LogP) is 1.15. The maximum atomic E-state index is 10.3. The molecule has 0 radical (unpaired) electrons. The SMILES string of the molecule is CCCOc1cncc(NCCC(=O)O)n1. The van der Waals surface area contributed by atoms with E-state index in [4.69, 9.17) is 9.84 Å². The lowest BCUT2D eigenvalue weighted by Gasteiger charge is -2.06. The molecule has 1 aromatic rings. The Morgan fingerprint density at radius 1 is 1.56 bits per heavy atom. The van der Waals surface area contributed by atoms with Crippen LogP contribution in [0.2, 0.25) is 0 Å². The van der Waals surface area contributed by atoms with Gasteiger partial charge in [0.2, 0.25) is 5.88 Å². The molecule has 1 rings (SSSR count). The highest BCUT2D eigenvalue weighted by molar-refractivity contribution is 5.67. The summed E-state index contributed by atoms with van der Waals surface area (Å²) >= 11 is 0. The van der Waals surface area contributed by atoms with E-state index in [0.29, 0.717) is 24.8 Å². The highest BCUT2D eigenvalue weighted by Gasteiger charge is 2.00. The van der Waals surface area contributed by atoms with Gasteiger partial charge in [-0.25, -0.2) is 0 Å². The number of hydrogen-bond donors (Lipinski definition) is 2. The van der Waals surface area contributed by atoms with Crippen LogP contribution < -0.4 is 10.1 Å². The molecule has 0 saturated heterocycles. The molecule has 0 aromatic carbocycles. The van der Waals surface area contributed by atoms with E-state index in [0.717, 1.165) is 6.42 Å². The van der Waals surface area contributed by atoms with E-state index < -0.39 is 5.97 Å². The van der Waals surface area contributed by atoms with Crippen molar-refractivity contribution in [3.8, 4) is 5.88 Å². The highest BCUT2D eigenvalue weighted by atomic mass is 16.5. The molecular weight excluding hydrogens is 210 g/mol. The molecule has 0 fully saturated rings. The van der Waals surface area contributed by atoms with E-state index >= 15 is 0 Å². The van der Waals surface area contributed by atoms with Gasteiger partial charge in [0.25, 0.3) is 0 Å². The van der Waals surface area contributed by atoms with Crippen molar-refractivity contribution in [1.29, 1.82) is 0 Å². The highest BCUT2D eigenvalue weighted by Crippen LogP contribution is 2.08. The minimum absolute atomic E-state index is 0.0434. The van der Waals surface area contributed by atoms with Crippen molar-refractivity contribution in [2.24, 2.45) is 0 Å². The van der Waals surface area contributed by atoms with Crippen LogP contribution in [0.3, 0.4) is 0 Å². The van der Waals surface area contributed by atoms with Gasteiger partial charge in [0.1, 0.15) is 5.82 Å². The lowest BCUT2D eigenvalue weighted by molar-refractivity contribution is -0.136. The first-order chi connectivity index (χ1) is 7.72. The number of nitrogens with zero attached hydrogens (tertiary/aromatic N) is 2. The molecule has 16 heavy (non-hydrogen) atoms. The predicted molar refractivity (Wildman–Crippen MR) is 58.6 cm³/mol. The van der Waals surface area contributed by atoms with Crippen LogP contribution in [0.4, 0.5) is 5.82 Å². The van der Waals surface area contributed by atoms with Crippen molar-refractivity contribution in [1.82, 2.24) is 9.97 Å². The zero-order chi connectivity index (χ0) is 11.8. The van der Waals surface area contributed by atoms with Crippen LogP contribution in [0.5, 0.6) is 5.88 Å². The summed E-state index contributed by atoms with van der Waals surface area (Å²) in [5.41, 5.74) is 0. The first kappa shape index (κ1) is 12.2. The second-order valence-corrected chi connectivity index (χ2v) is 3.16. The molecular formula is C10H15N3O3. The van der Waals surface area contributed by atoms with Gasteiger partial charge in [-0.3, -0.25) is 9.78 Å². The van der Waals surface area contributed by atoms with Crippen molar-refractivity contribution >= 4 is 11.8 Å². The molecule has 88 valence electrons. The van der Waals surface area contributed by atoms with Gasteiger partial charge in [0.05, 0.1) is 25.4 Å². The average Bonchev–Trinajstić information content (AvgIpc) is 2.26. The summed E-state index contributed by atoms with van der Waals surface area (Å²) < 4.78 is 5.29. The van der Waals surface area contributed by atoms with Gasteiger partial charge in [-0.05, 0) is 6.42 Å². The van der Waals surface area contributed by atoms with Crippen LogP contribution in [-0.2, 0) is 4.79 Å². The maximum Gasteiger partial charge on any atom is 0.305 e. The zero-order valence-electron chi connectivity index (χ0n) is 9.14. The number of carboxylic acid groups (broad SMARTS) is 1. The van der Waals surface area contributed by atoms with Gasteiger partial charge in [-0.1, -0.05) is 6.92 Å². The standard InChI is InChI=1S/C10H15N3O3/c1-2-5-16-9-7-11-6-8(13-9)12-4-3-10(14)15/h6-7H,2-5H2,1H3,(H,12,13)(H,14,15). The molecule has 0 atom stereocenters. The van der Waals surface area contributed by atoms with Gasteiger partial charge in [0, 0.05) is 6.54 Å². The molecule has 0 amide bonds. The van der Waals surface area contributed by atoms with Crippen LogP contribution in [-0.4, -0.2) is 34.2 Å². The second kappa shape index (κ2) is 6.60. The lowest BCUT2D eigenvalue weighted by Crippen LogP contribution is -2.09. The number of hydrogen-bond acceptors (Lipinski definition) is 5. The minimum atomic E-state index is -0.848. The number of ether oxygens (including phenoxy) is 1. The third kappa shape index (κ3) is 4.59. The number of aromatic nitrogens is 2. The lowest BCUT2D eigenvalue weighted by atomic mass is 10.4. The molecule has 0 aliphatic heterocycles. The molecule has 0 spiro atoms. The number of anilines is 1. The number of rotatable bonds is 7. The summed E-state index contributed by atoms with van der Waals surface area (Å²) in [5.74, 6) is 0.121. The molecule has 0 unspecified atom stereocenters. The molecule has 0 aliphatic carbocycles. The molecule has 2 N–H and O–H groups in total. The van der Waals surface area contributed by atoms with Crippen molar-refractivity contribution in [3.05, 3.63) is 12.4 Å². The van der Waals surface area contributed by atoms with Gasteiger partial charge in [-0.2, -0.15) is 4.98 Å². The Morgan fingerprint density at radius 2 is 2.38 bits per heavy atom. The van der Waals surface area contributed by atoms with E-state index in [1.54, 1.807) is 0 Å². The van der Waals surface area contributed by atoms with Gasteiger partial charge >= 0.3 is 5.97 Å². The van der Waals surface area contributed by atoms with E-state index in [2.05, 4.69) is 15.3 Å². The Labute approximate surface area is 93.7 Å². The number of carbonyl (C=O) groups is 1. The van der Waals surface area contributed by atoms with Gasteiger partial charge in [0.15, 0.2) is 0 Å². The molecule has 0 aliphatic rings. The minimum Gasteiger partial charge on any atom is -0.481 e. The Bertz CT molecular complexity index is 344. The smallest absolute Gasteiger partial charge is 0.305 e. The van der Waals surface area contributed by atoms with Crippen molar-refractivity contribution < 1.29 is 14.6 Å². The van der Waals surface area contributed by atoms with E-state index in [1.165, 1.54) is 12.4 Å². The van der Waals surface area contributed by atoms with Gasteiger partial charge in [-0.15, -0.1) is 0 Å². The fourth-order valence-corrected chi connectivity index (χ4v) is 1.01. The molecule has 6 heteroatoms. The Kier molecular flexibility index (Phi) is 5.04. The van der Waals surface area contributed by atoms with Crippen LogP contribution in [0.1, 0.15) is 19.8 Å². The van der Waals surface area contributed by atoms with E-state index in [9.17, 15) is 4.79 Å². The summed E-state index contributed by atoms with van der Waals surface area (Å²) in [7, 11) is 0. The summed E-state index contributed by atoms with van der Waals surface area (Å²) in [5, 5.41) is 11.3. The third-order valence-corrected chi connectivity index (χ3v) is 1.71. The topological polar surface area (TPSA) is 84.3 Å². The molecule has 1 aromatic heterocycles. The number of carboxylic acids is 1. The summed E-state index contributed by atoms with van der Waals surface area (Å²) in [4.78, 5) is 18.4. The van der Waals surface area contributed by atoms with Crippen LogP contribution >= 0.6 is 0 Å². The summed E-state index contributed by atoms with van der Waals surface area (Å²) in [6.45, 7) is 2.91. The van der Waals surface area contributed by atoms with E-state index in [1.807, 2.05) is 6.92 Å². The van der Waals surface area contributed by atoms with E-state index in [-0.39, 0.29) is 6.42 Å². The molecule has 0 bridgehead atoms. The van der Waals surface area contributed by atoms with Gasteiger partial charge < -0.3 is 15.2 Å². The van der Waals surface area contributed by atoms with Crippen molar-refractivity contribution in [3.63, 3.8) is 0 Å². The van der Waals surface area contributed by atoms with Crippen molar-refractivity contribution in [2.45, 2.75) is 19.8 Å². The quantitative estimate of drug-likeness (QED) is 0.724.